The van der Waals surface area contributed by atoms with Crippen molar-refractivity contribution < 1.29 is 18.7 Å². The predicted molar refractivity (Wildman–Crippen MR) is 127 cm³/mol. The van der Waals surface area contributed by atoms with Crippen LogP contribution in [0.1, 0.15) is 33.1 Å². The average molecular weight is 437 g/mol. The summed E-state index contributed by atoms with van der Waals surface area (Å²) in [4.78, 5) is 11.0. The average Bonchev–Trinajstić information content (AvgIpc) is 2.78. The predicted octanol–water partition coefficient (Wildman–Crippen LogP) is 3.94. The number of carbonyl (C=O) groups excluding carboxylic acids is 1. The summed E-state index contributed by atoms with van der Waals surface area (Å²) >= 11 is 0. The minimum atomic E-state index is -2.69. The number of carbonyl (C=O) groups is 1. The van der Waals surface area contributed by atoms with Crippen molar-refractivity contribution in [3.8, 4) is 0 Å². The highest BCUT2D eigenvalue weighted by Gasteiger charge is 2.47. The van der Waals surface area contributed by atoms with E-state index in [4.69, 9.17) is 13.9 Å². The van der Waals surface area contributed by atoms with Crippen LogP contribution in [0, 0.1) is 0 Å². The van der Waals surface area contributed by atoms with Crippen LogP contribution in [0.3, 0.4) is 0 Å². The quantitative estimate of drug-likeness (QED) is 0.339. The van der Waals surface area contributed by atoms with Crippen molar-refractivity contribution in [1.82, 2.24) is 0 Å². The number of ether oxygens (including phenoxy) is 2. The minimum Gasteiger partial charge on any atom is -0.466 e. The molecule has 0 aromatic heterocycles. The molecule has 1 heterocycles. The Balaban J connectivity index is 2.04. The highest BCUT2D eigenvalue weighted by molar-refractivity contribution is 7.03. The maximum absolute atomic E-state index is 11.0. The van der Waals surface area contributed by atoms with Crippen molar-refractivity contribution in [2.45, 2.75) is 39.2 Å². The first-order valence-corrected chi connectivity index (χ1v) is 12.8. The first kappa shape index (κ1) is 23.2. The molecule has 0 amide bonds. The zero-order valence-electron chi connectivity index (χ0n) is 18.7. The summed E-state index contributed by atoms with van der Waals surface area (Å²) in [5.41, 5.74) is 1.21. The SMILES string of the molecule is COCC1=CC(C)O[Si](c2ccccc2)(c2ccccc2)/C1=C/CCCCOC(C)=O. The van der Waals surface area contributed by atoms with Crippen LogP contribution in [0.2, 0.25) is 0 Å². The first-order chi connectivity index (χ1) is 15.1. The molecular weight excluding hydrogens is 404 g/mol. The monoisotopic (exact) mass is 436 g/mol. The lowest BCUT2D eigenvalue weighted by molar-refractivity contribution is -0.141. The van der Waals surface area contributed by atoms with E-state index in [0.717, 1.165) is 19.3 Å². The van der Waals surface area contributed by atoms with Crippen molar-refractivity contribution in [3.05, 3.63) is 83.6 Å². The topological polar surface area (TPSA) is 44.8 Å². The largest absolute Gasteiger partial charge is 0.466 e. The van der Waals surface area contributed by atoms with E-state index in [9.17, 15) is 4.79 Å². The number of rotatable bonds is 9. The van der Waals surface area contributed by atoms with Gasteiger partial charge in [-0.15, -0.1) is 0 Å². The molecule has 1 aliphatic rings. The van der Waals surface area contributed by atoms with Crippen molar-refractivity contribution in [2.24, 2.45) is 0 Å². The van der Waals surface area contributed by atoms with Crippen LogP contribution in [0.5, 0.6) is 0 Å². The molecule has 0 aliphatic carbocycles. The van der Waals surface area contributed by atoms with Crippen LogP contribution in [0.25, 0.3) is 0 Å². The summed E-state index contributed by atoms with van der Waals surface area (Å²) in [6, 6.07) is 21.2. The second kappa shape index (κ2) is 11.2. The zero-order chi connectivity index (χ0) is 22.1. The lowest BCUT2D eigenvalue weighted by Crippen LogP contribution is -2.65. The van der Waals surface area contributed by atoms with E-state index in [1.54, 1.807) is 7.11 Å². The third kappa shape index (κ3) is 5.61. The molecule has 0 radical (unpaired) electrons. The third-order valence-electron chi connectivity index (χ3n) is 5.44. The fourth-order valence-electron chi connectivity index (χ4n) is 4.20. The van der Waals surface area contributed by atoms with Crippen molar-refractivity contribution in [3.63, 3.8) is 0 Å². The molecule has 3 rings (SSSR count). The third-order valence-corrected chi connectivity index (χ3v) is 9.74. The molecule has 0 N–H and O–H groups in total. The normalized spacial score (nSPS) is 19.1. The van der Waals surface area contributed by atoms with E-state index in [0.29, 0.717) is 13.2 Å². The van der Waals surface area contributed by atoms with Gasteiger partial charge < -0.3 is 13.9 Å². The number of allylic oxidation sites excluding steroid dienone is 1. The maximum Gasteiger partial charge on any atom is 0.302 e. The van der Waals surface area contributed by atoms with Crippen LogP contribution < -0.4 is 10.4 Å². The van der Waals surface area contributed by atoms with Crippen LogP contribution in [-0.2, 0) is 18.7 Å². The molecule has 5 heteroatoms. The van der Waals surface area contributed by atoms with Crippen molar-refractivity contribution >= 4 is 24.7 Å². The fraction of sp³-hybridized carbons (Fsp3) is 0.346. The van der Waals surface area contributed by atoms with Gasteiger partial charge in [-0.3, -0.25) is 4.79 Å². The maximum atomic E-state index is 11.0. The number of hydrogen-bond acceptors (Lipinski definition) is 4. The Bertz CT molecular complexity index is 866. The van der Waals surface area contributed by atoms with Gasteiger partial charge in [-0.25, -0.2) is 0 Å². The molecule has 2 aromatic carbocycles. The van der Waals surface area contributed by atoms with Crippen molar-refractivity contribution in [2.75, 3.05) is 20.3 Å². The van der Waals surface area contributed by atoms with E-state index < -0.39 is 8.32 Å². The molecule has 1 aliphatic heterocycles. The number of esters is 1. The highest BCUT2D eigenvalue weighted by Crippen LogP contribution is 2.32. The molecule has 0 bridgehead atoms. The summed E-state index contributed by atoms with van der Waals surface area (Å²) in [6.07, 6.45) is 7.19. The van der Waals surface area contributed by atoms with Crippen molar-refractivity contribution in [1.29, 1.82) is 0 Å². The smallest absolute Gasteiger partial charge is 0.302 e. The molecule has 1 unspecified atom stereocenters. The van der Waals surface area contributed by atoms with Crippen LogP contribution >= 0.6 is 0 Å². The molecule has 164 valence electrons. The Hall–Kier alpha value is -2.47. The van der Waals surface area contributed by atoms with Gasteiger partial charge in [0.05, 0.1) is 19.3 Å². The Morgan fingerprint density at radius 2 is 1.65 bits per heavy atom. The van der Waals surface area contributed by atoms with Gasteiger partial charge in [-0.1, -0.05) is 72.8 Å². The van der Waals surface area contributed by atoms with Crippen LogP contribution in [0.15, 0.2) is 83.6 Å². The second-order valence-corrected chi connectivity index (χ2v) is 11.1. The van der Waals surface area contributed by atoms with Gasteiger partial charge in [-0.2, -0.15) is 0 Å². The number of methoxy groups -OCH3 is 1. The van der Waals surface area contributed by atoms with E-state index in [1.165, 1.54) is 28.1 Å². The van der Waals surface area contributed by atoms with Crippen LogP contribution in [0.4, 0.5) is 0 Å². The van der Waals surface area contributed by atoms with Gasteiger partial charge in [0, 0.05) is 14.0 Å². The molecule has 0 spiro atoms. The summed E-state index contributed by atoms with van der Waals surface area (Å²) in [6.45, 7) is 4.58. The number of unbranched alkanes of at least 4 members (excludes halogenated alkanes) is 2. The number of hydrogen-bond donors (Lipinski definition) is 0. The lowest BCUT2D eigenvalue weighted by atomic mass is 10.1. The summed E-state index contributed by atoms with van der Waals surface area (Å²) < 4.78 is 17.6. The molecule has 4 nitrogen and oxygen atoms in total. The molecule has 1 atom stereocenters. The Morgan fingerprint density at radius 1 is 1.03 bits per heavy atom. The van der Waals surface area contributed by atoms with Gasteiger partial charge in [0.25, 0.3) is 8.32 Å². The minimum absolute atomic E-state index is 0.00153. The second-order valence-electron chi connectivity index (χ2n) is 7.81. The van der Waals surface area contributed by atoms with Gasteiger partial charge in [-0.05, 0) is 47.3 Å². The van der Waals surface area contributed by atoms with E-state index in [-0.39, 0.29) is 12.1 Å². The van der Waals surface area contributed by atoms with E-state index in [2.05, 4.69) is 67.6 Å². The molecule has 31 heavy (non-hydrogen) atoms. The summed E-state index contributed by atoms with van der Waals surface area (Å²) in [7, 11) is -0.945. The highest BCUT2D eigenvalue weighted by atomic mass is 28.4. The molecule has 0 fully saturated rings. The van der Waals surface area contributed by atoms with Gasteiger partial charge in [0.2, 0.25) is 0 Å². The van der Waals surface area contributed by atoms with E-state index >= 15 is 0 Å². The zero-order valence-corrected chi connectivity index (χ0v) is 19.7. The summed E-state index contributed by atoms with van der Waals surface area (Å²) in [5.74, 6) is -0.224. The standard InChI is InChI=1S/C26H32O4Si/c1-21-19-23(20-28-3)26(17-11-6-12-18-29-22(2)27)31(30-21,24-13-7-4-8-14-24)25-15-9-5-10-16-25/h4-5,7-10,13-17,19,21H,6,11-12,18,20H2,1-3H3/b26-17+. The van der Waals surface area contributed by atoms with Gasteiger partial charge >= 0.3 is 5.97 Å². The lowest BCUT2D eigenvalue weighted by Gasteiger charge is -2.41. The summed E-state index contributed by atoms with van der Waals surface area (Å²) in [5, 5.41) is 3.74. The van der Waals surface area contributed by atoms with Crippen LogP contribution in [-0.4, -0.2) is 40.7 Å². The molecule has 0 saturated heterocycles. The fourth-order valence-corrected chi connectivity index (χ4v) is 8.54. The van der Waals surface area contributed by atoms with Gasteiger partial charge in [0.15, 0.2) is 0 Å². The van der Waals surface area contributed by atoms with E-state index in [1.807, 2.05) is 12.1 Å². The Morgan fingerprint density at radius 3 is 2.19 bits per heavy atom. The molecule has 0 saturated carbocycles. The Kier molecular flexibility index (Phi) is 8.40. The molecular formula is C26H32O4Si. The number of benzene rings is 2. The Labute approximate surface area is 186 Å². The first-order valence-electron chi connectivity index (χ1n) is 10.9. The molecule has 2 aromatic rings. The van der Waals surface area contributed by atoms with Gasteiger partial charge in [0.1, 0.15) is 0 Å².